The molecule has 1 atom stereocenters. The van der Waals surface area contributed by atoms with E-state index < -0.39 is 0 Å². The van der Waals surface area contributed by atoms with Crippen molar-refractivity contribution in [2.45, 2.75) is 51.9 Å². The van der Waals surface area contributed by atoms with Crippen LogP contribution < -0.4 is 0 Å². The van der Waals surface area contributed by atoms with Crippen LogP contribution in [0.15, 0.2) is 10.7 Å². The molecular weight excluding hydrogens is 306 g/mol. The van der Waals surface area contributed by atoms with Crippen LogP contribution in [0.5, 0.6) is 0 Å². The first kappa shape index (κ1) is 16.7. The molecule has 1 saturated heterocycles. The van der Waals surface area contributed by atoms with Crippen molar-refractivity contribution >= 4 is 5.91 Å². The summed E-state index contributed by atoms with van der Waals surface area (Å²) in [4.78, 5) is 18.9. The molecular formula is C17H25N5O2. The Kier molecular flexibility index (Phi) is 4.97. The van der Waals surface area contributed by atoms with Gasteiger partial charge in [0.2, 0.25) is 11.8 Å². The molecule has 3 rings (SSSR count). The molecule has 2 aromatic rings. The zero-order valence-electron chi connectivity index (χ0n) is 14.7. The van der Waals surface area contributed by atoms with Gasteiger partial charge in [0.05, 0.1) is 5.69 Å². The molecule has 0 radical (unpaired) electrons. The van der Waals surface area contributed by atoms with Crippen molar-refractivity contribution in [3.8, 4) is 0 Å². The van der Waals surface area contributed by atoms with E-state index in [2.05, 4.69) is 15.2 Å². The number of hydrogen-bond donors (Lipinski definition) is 0. The summed E-state index contributed by atoms with van der Waals surface area (Å²) < 4.78 is 7.01. The first-order chi connectivity index (χ1) is 11.6. The lowest BCUT2D eigenvalue weighted by Crippen LogP contribution is -2.39. The molecule has 7 nitrogen and oxygen atoms in total. The minimum absolute atomic E-state index is 0.187. The molecule has 3 heterocycles. The van der Waals surface area contributed by atoms with E-state index in [1.165, 1.54) is 0 Å². The molecule has 24 heavy (non-hydrogen) atoms. The molecule has 0 saturated carbocycles. The second kappa shape index (κ2) is 7.15. The molecule has 1 aliphatic rings. The number of piperidine rings is 1. The average molecular weight is 331 g/mol. The van der Waals surface area contributed by atoms with Crippen LogP contribution in [0.2, 0.25) is 0 Å². The molecule has 0 N–H and O–H groups in total. The predicted octanol–water partition coefficient (Wildman–Crippen LogP) is 2.01. The first-order valence-electron chi connectivity index (χ1n) is 8.66. The van der Waals surface area contributed by atoms with Crippen LogP contribution in [0, 0.1) is 6.92 Å². The summed E-state index contributed by atoms with van der Waals surface area (Å²) in [6.45, 7) is 5.49. The highest BCUT2D eigenvalue weighted by molar-refractivity contribution is 5.76. The van der Waals surface area contributed by atoms with Gasteiger partial charge in [0.25, 0.3) is 0 Å². The van der Waals surface area contributed by atoms with Gasteiger partial charge in [-0.1, -0.05) is 12.1 Å². The molecule has 0 aliphatic carbocycles. The van der Waals surface area contributed by atoms with Crippen LogP contribution in [0.4, 0.5) is 0 Å². The van der Waals surface area contributed by atoms with Crippen molar-refractivity contribution in [2.24, 2.45) is 7.05 Å². The summed E-state index contributed by atoms with van der Waals surface area (Å²) in [5, 5.41) is 8.41. The zero-order valence-corrected chi connectivity index (χ0v) is 14.7. The van der Waals surface area contributed by atoms with Crippen molar-refractivity contribution < 1.29 is 9.32 Å². The van der Waals surface area contributed by atoms with E-state index in [9.17, 15) is 4.79 Å². The van der Waals surface area contributed by atoms with Crippen molar-refractivity contribution in [3.05, 3.63) is 29.2 Å². The Bertz CT molecular complexity index is 706. The average Bonchev–Trinajstić information content (AvgIpc) is 3.19. The summed E-state index contributed by atoms with van der Waals surface area (Å²) in [5.41, 5.74) is 2.14. The maximum absolute atomic E-state index is 12.6. The third-order valence-corrected chi connectivity index (χ3v) is 4.65. The number of aryl methyl sites for hydroxylation is 4. The van der Waals surface area contributed by atoms with Crippen LogP contribution in [-0.4, -0.2) is 43.8 Å². The smallest absolute Gasteiger partial charge is 0.226 e. The molecule has 1 amide bonds. The maximum atomic E-state index is 12.6. The molecule has 0 aromatic carbocycles. The number of hydrogen-bond acceptors (Lipinski definition) is 5. The van der Waals surface area contributed by atoms with Gasteiger partial charge in [-0.2, -0.15) is 10.1 Å². The van der Waals surface area contributed by atoms with Crippen molar-refractivity contribution in [3.63, 3.8) is 0 Å². The Balaban J connectivity index is 1.57. The van der Waals surface area contributed by atoms with E-state index in [1.807, 2.05) is 32.0 Å². The Labute approximate surface area is 142 Å². The predicted molar refractivity (Wildman–Crippen MR) is 88.5 cm³/mol. The summed E-state index contributed by atoms with van der Waals surface area (Å²) in [5.74, 6) is 1.79. The number of nitrogens with zero attached hydrogens (tertiary/aromatic N) is 5. The number of likely N-dealkylation sites (tertiary alicyclic amines) is 1. The number of amides is 1. The standard InChI is InChI=1S/C17H25N5O2/c1-4-15-18-17(20-24-15)14-6-5-9-22(11-14)16(23)8-7-13-10-21(3)19-12(13)2/h10,14H,4-9,11H2,1-3H3. The zero-order chi connectivity index (χ0) is 17.1. The SMILES string of the molecule is CCc1nc(C2CCCN(C(=O)CCc3cn(C)nc3C)C2)no1. The Morgan fingerprint density at radius 2 is 2.29 bits per heavy atom. The second-order valence-electron chi connectivity index (χ2n) is 6.49. The fraction of sp³-hybridized carbons (Fsp3) is 0.647. The van der Waals surface area contributed by atoms with E-state index in [1.54, 1.807) is 4.68 Å². The highest BCUT2D eigenvalue weighted by atomic mass is 16.5. The highest BCUT2D eigenvalue weighted by Crippen LogP contribution is 2.25. The largest absolute Gasteiger partial charge is 0.342 e. The topological polar surface area (TPSA) is 77.1 Å². The second-order valence-corrected chi connectivity index (χ2v) is 6.49. The van der Waals surface area contributed by atoms with E-state index in [4.69, 9.17) is 4.52 Å². The Morgan fingerprint density at radius 3 is 2.96 bits per heavy atom. The molecule has 0 spiro atoms. The molecule has 2 aromatic heterocycles. The van der Waals surface area contributed by atoms with E-state index >= 15 is 0 Å². The quantitative estimate of drug-likeness (QED) is 0.837. The van der Waals surface area contributed by atoms with Gasteiger partial charge in [-0.25, -0.2) is 0 Å². The highest BCUT2D eigenvalue weighted by Gasteiger charge is 2.27. The van der Waals surface area contributed by atoms with Crippen LogP contribution in [-0.2, 0) is 24.7 Å². The monoisotopic (exact) mass is 331 g/mol. The van der Waals surface area contributed by atoms with Gasteiger partial charge in [-0.05, 0) is 31.7 Å². The third kappa shape index (κ3) is 3.66. The van der Waals surface area contributed by atoms with Gasteiger partial charge in [0.15, 0.2) is 5.82 Å². The number of carbonyl (C=O) groups is 1. The van der Waals surface area contributed by atoms with Crippen molar-refractivity contribution in [1.29, 1.82) is 0 Å². The van der Waals surface area contributed by atoms with E-state index in [0.29, 0.717) is 18.9 Å². The number of rotatable bonds is 5. The van der Waals surface area contributed by atoms with Gasteiger partial charge in [-0.15, -0.1) is 0 Å². The van der Waals surface area contributed by atoms with Gasteiger partial charge in [0.1, 0.15) is 0 Å². The van der Waals surface area contributed by atoms with Crippen LogP contribution in [0.1, 0.15) is 55.1 Å². The number of carbonyl (C=O) groups excluding carboxylic acids is 1. The minimum atomic E-state index is 0.187. The molecule has 130 valence electrons. The summed E-state index contributed by atoms with van der Waals surface area (Å²) in [7, 11) is 1.91. The fourth-order valence-corrected chi connectivity index (χ4v) is 3.29. The maximum Gasteiger partial charge on any atom is 0.226 e. The Morgan fingerprint density at radius 1 is 1.46 bits per heavy atom. The van der Waals surface area contributed by atoms with Crippen LogP contribution in [0.3, 0.4) is 0 Å². The first-order valence-corrected chi connectivity index (χ1v) is 8.66. The van der Waals surface area contributed by atoms with Gasteiger partial charge >= 0.3 is 0 Å². The Hall–Kier alpha value is -2.18. The van der Waals surface area contributed by atoms with E-state index in [-0.39, 0.29) is 11.8 Å². The lowest BCUT2D eigenvalue weighted by molar-refractivity contribution is -0.132. The number of aromatic nitrogens is 4. The molecule has 1 aliphatic heterocycles. The molecule has 0 bridgehead atoms. The molecule has 1 fully saturated rings. The minimum Gasteiger partial charge on any atom is -0.342 e. The van der Waals surface area contributed by atoms with Gasteiger partial charge in [0, 0.05) is 45.1 Å². The van der Waals surface area contributed by atoms with Crippen LogP contribution in [0.25, 0.3) is 0 Å². The van der Waals surface area contributed by atoms with Crippen molar-refractivity contribution in [1.82, 2.24) is 24.8 Å². The van der Waals surface area contributed by atoms with Crippen LogP contribution >= 0.6 is 0 Å². The van der Waals surface area contributed by atoms with Gasteiger partial charge < -0.3 is 9.42 Å². The lowest BCUT2D eigenvalue weighted by atomic mass is 9.97. The molecule has 7 heteroatoms. The third-order valence-electron chi connectivity index (χ3n) is 4.65. The summed E-state index contributed by atoms with van der Waals surface area (Å²) in [6.07, 6.45) is 5.99. The van der Waals surface area contributed by atoms with Crippen molar-refractivity contribution in [2.75, 3.05) is 13.1 Å². The normalized spacial score (nSPS) is 18.1. The summed E-state index contributed by atoms with van der Waals surface area (Å²) in [6, 6.07) is 0. The molecule has 1 unspecified atom stereocenters. The van der Waals surface area contributed by atoms with Gasteiger partial charge in [-0.3, -0.25) is 9.48 Å². The van der Waals surface area contributed by atoms with E-state index in [0.717, 1.165) is 49.3 Å². The fourth-order valence-electron chi connectivity index (χ4n) is 3.29. The lowest BCUT2D eigenvalue weighted by Gasteiger charge is -2.31. The summed E-state index contributed by atoms with van der Waals surface area (Å²) >= 11 is 0.